The summed E-state index contributed by atoms with van der Waals surface area (Å²) in [7, 11) is 0. The zero-order valence-electron chi connectivity index (χ0n) is 56.5. The maximum atomic E-state index is 12.5. The van der Waals surface area contributed by atoms with Crippen molar-refractivity contribution in [3.63, 3.8) is 0 Å². The van der Waals surface area contributed by atoms with Crippen LogP contribution < -0.4 is 5.32 Å². The predicted octanol–water partition coefficient (Wildman–Crippen LogP) is 24.9. The highest BCUT2D eigenvalue weighted by atomic mass is 16.5. The number of unbranched alkanes of at least 4 members (excludes halogenated alkanes) is 57. The van der Waals surface area contributed by atoms with Gasteiger partial charge in [0.2, 0.25) is 5.91 Å². The summed E-state index contributed by atoms with van der Waals surface area (Å²) in [6, 6.07) is -0.538. The van der Waals surface area contributed by atoms with E-state index in [-0.39, 0.29) is 18.5 Å². The van der Waals surface area contributed by atoms with Gasteiger partial charge in [0.15, 0.2) is 0 Å². The summed E-state index contributed by atoms with van der Waals surface area (Å²) in [6.07, 6.45) is 92.6. The number of carbonyl (C=O) groups is 2. The Bertz CT molecular complexity index is 1300. The monoisotopic (exact) mass is 1170 g/mol. The number of carbonyl (C=O) groups excluding carboxylic acids is 2. The van der Waals surface area contributed by atoms with Gasteiger partial charge >= 0.3 is 5.97 Å². The van der Waals surface area contributed by atoms with Crippen LogP contribution in [0.5, 0.6) is 0 Å². The van der Waals surface area contributed by atoms with Crippen molar-refractivity contribution in [3.8, 4) is 0 Å². The van der Waals surface area contributed by atoms with Crippen LogP contribution in [0.2, 0.25) is 0 Å². The Morgan fingerprint density at radius 3 is 0.855 bits per heavy atom. The number of aliphatic hydroxyl groups is 2. The third-order valence-corrected chi connectivity index (χ3v) is 18.0. The van der Waals surface area contributed by atoms with E-state index in [2.05, 4.69) is 43.5 Å². The van der Waals surface area contributed by atoms with E-state index >= 15 is 0 Å². The molecule has 83 heavy (non-hydrogen) atoms. The van der Waals surface area contributed by atoms with Crippen LogP contribution in [0.25, 0.3) is 0 Å². The van der Waals surface area contributed by atoms with Crippen molar-refractivity contribution in [1.29, 1.82) is 0 Å². The molecule has 0 aromatic rings. The number of hydrogen-bond donors (Lipinski definition) is 3. The van der Waals surface area contributed by atoms with E-state index in [9.17, 15) is 19.8 Å². The van der Waals surface area contributed by atoms with E-state index in [1.807, 2.05) is 0 Å². The van der Waals surface area contributed by atoms with Gasteiger partial charge in [0.1, 0.15) is 0 Å². The summed E-state index contributed by atoms with van der Waals surface area (Å²) in [4.78, 5) is 24.6. The van der Waals surface area contributed by atoms with Gasteiger partial charge < -0.3 is 20.3 Å². The highest BCUT2D eigenvalue weighted by Gasteiger charge is 2.20. The zero-order chi connectivity index (χ0) is 59.9. The van der Waals surface area contributed by atoms with E-state index in [0.717, 1.165) is 38.5 Å². The summed E-state index contributed by atoms with van der Waals surface area (Å²) >= 11 is 0. The first-order valence-corrected chi connectivity index (χ1v) is 38.1. The van der Waals surface area contributed by atoms with Gasteiger partial charge in [0.25, 0.3) is 0 Å². The fourth-order valence-electron chi connectivity index (χ4n) is 12.2. The average Bonchev–Trinajstić information content (AvgIpc) is 3.49. The summed E-state index contributed by atoms with van der Waals surface area (Å²) in [5.41, 5.74) is 0. The van der Waals surface area contributed by atoms with Gasteiger partial charge in [0, 0.05) is 12.8 Å². The normalized spacial score (nSPS) is 12.6. The molecule has 0 heterocycles. The lowest BCUT2D eigenvalue weighted by atomic mass is 10.0. The van der Waals surface area contributed by atoms with Crippen molar-refractivity contribution in [2.24, 2.45) is 0 Å². The Balaban J connectivity index is 3.32. The minimum absolute atomic E-state index is 0.0191. The Hall–Kier alpha value is -1.66. The van der Waals surface area contributed by atoms with E-state index in [4.69, 9.17) is 4.74 Å². The van der Waals surface area contributed by atoms with Crippen molar-refractivity contribution >= 4 is 11.9 Å². The second-order valence-electron chi connectivity index (χ2n) is 26.3. The SMILES string of the molecule is CCCCCCCC/C=C\CCCCCCCCCCCC(=O)OCCCCCCCCCCCCCC/C=C\CCCCCCCCCCCCCCCCCCCC(=O)NC(CO)C(O)CCCCCCCCCCCCCCCC. The van der Waals surface area contributed by atoms with Crippen LogP contribution in [0, 0.1) is 0 Å². The lowest BCUT2D eigenvalue weighted by Crippen LogP contribution is -2.45. The molecule has 0 aliphatic rings. The van der Waals surface area contributed by atoms with Crippen molar-refractivity contribution in [1.82, 2.24) is 5.32 Å². The zero-order valence-corrected chi connectivity index (χ0v) is 56.5. The largest absolute Gasteiger partial charge is 0.466 e. The van der Waals surface area contributed by atoms with Crippen molar-refractivity contribution in [2.45, 2.75) is 443 Å². The number of amides is 1. The van der Waals surface area contributed by atoms with Crippen molar-refractivity contribution in [2.75, 3.05) is 13.2 Å². The minimum Gasteiger partial charge on any atom is -0.466 e. The van der Waals surface area contributed by atoms with Gasteiger partial charge in [-0.1, -0.05) is 366 Å². The Morgan fingerprint density at radius 1 is 0.325 bits per heavy atom. The van der Waals surface area contributed by atoms with Crippen LogP contribution in [0.1, 0.15) is 431 Å². The van der Waals surface area contributed by atoms with E-state index in [0.29, 0.717) is 25.9 Å². The van der Waals surface area contributed by atoms with Crippen LogP contribution >= 0.6 is 0 Å². The third kappa shape index (κ3) is 69.3. The molecule has 1 amide bonds. The maximum absolute atomic E-state index is 12.5. The summed E-state index contributed by atoms with van der Waals surface area (Å²) in [5, 5.41) is 23.3. The first kappa shape index (κ1) is 81.3. The summed E-state index contributed by atoms with van der Waals surface area (Å²) in [5.74, 6) is -0.00982. The topological polar surface area (TPSA) is 95.9 Å². The first-order valence-electron chi connectivity index (χ1n) is 38.1. The lowest BCUT2D eigenvalue weighted by molar-refractivity contribution is -0.143. The van der Waals surface area contributed by atoms with Crippen LogP contribution in [-0.2, 0) is 14.3 Å². The van der Waals surface area contributed by atoms with Gasteiger partial charge in [-0.05, 0) is 77.0 Å². The van der Waals surface area contributed by atoms with Gasteiger partial charge in [0.05, 0.1) is 25.4 Å². The fraction of sp³-hybridized carbons (Fsp3) is 0.922. The van der Waals surface area contributed by atoms with Gasteiger partial charge in [-0.2, -0.15) is 0 Å². The number of aliphatic hydroxyl groups excluding tert-OH is 2. The fourth-order valence-corrected chi connectivity index (χ4v) is 12.2. The molecule has 0 aromatic heterocycles. The maximum Gasteiger partial charge on any atom is 0.305 e. The average molecular weight is 1170 g/mol. The highest BCUT2D eigenvalue weighted by Crippen LogP contribution is 2.19. The van der Waals surface area contributed by atoms with E-state index < -0.39 is 12.1 Å². The van der Waals surface area contributed by atoms with E-state index in [1.54, 1.807) is 0 Å². The lowest BCUT2D eigenvalue weighted by Gasteiger charge is -2.22. The smallest absolute Gasteiger partial charge is 0.305 e. The molecule has 2 unspecified atom stereocenters. The highest BCUT2D eigenvalue weighted by molar-refractivity contribution is 5.76. The summed E-state index contributed by atoms with van der Waals surface area (Å²) in [6.45, 7) is 4.99. The standard InChI is InChI=1S/C77H149NO5/c1-3-5-7-9-11-13-15-17-19-20-36-40-43-47-51-55-59-63-67-71-77(82)83-72-68-64-60-56-52-48-44-41-38-35-33-31-29-27-25-23-21-22-24-26-28-30-32-34-37-39-42-46-50-54-58-62-66-70-76(81)78-74(73-79)75(80)69-65-61-57-53-49-45-18-16-14-12-10-8-6-4-2/h17,19,25,27,74-75,79-80H,3-16,18,20-24,26,28-73H2,1-2H3,(H,78,81)/b19-17-,27-25-. The Morgan fingerprint density at radius 2 is 0.566 bits per heavy atom. The second kappa shape index (κ2) is 72.8. The molecule has 0 aromatic carbocycles. The molecule has 6 nitrogen and oxygen atoms in total. The molecular weight excluding hydrogens is 1020 g/mol. The van der Waals surface area contributed by atoms with Gasteiger partial charge in [-0.15, -0.1) is 0 Å². The Labute approximate surface area is 520 Å². The van der Waals surface area contributed by atoms with Crippen molar-refractivity contribution < 1.29 is 24.5 Å². The molecule has 6 heteroatoms. The molecule has 492 valence electrons. The Kier molecular flexibility index (Phi) is 71.4. The third-order valence-electron chi connectivity index (χ3n) is 18.0. The van der Waals surface area contributed by atoms with Crippen molar-refractivity contribution in [3.05, 3.63) is 24.3 Å². The van der Waals surface area contributed by atoms with Crippen LogP contribution in [-0.4, -0.2) is 47.4 Å². The molecule has 0 aliphatic heterocycles. The number of allylic oxidation sites excluding steroid dienone is 4. The predicted molar refractivity (Wildman–Crippen MR) is 366 cm³/mol. The quantitative estimate of drug-likeness (QED) is 0.0320. The van der Waals surface area contributed by atoms with Crippen LogP contribution in [0.3, 0.4) is 0 Å². The number of ether oxygens (including phenoxy) is 1. The molecule has 0 fully saturated rings. The number of esters is 1. The molecule has 0 bridgehead atoms. The number of nitrogens with one attached hydrogen (secondary N) is 1. The molecule has 0 radical (unpaired) electrons. The molecule has 0 spiro atoms. The molecule has 0 saturated carbocycles. The molecule has 3 N–H and O–H groups in total. The number of hydrogen-bond acceptors (Lipinski definition) is 5. The van der Waals surface area contributed by atoms with E-state index in [1.165, 1.54) is 360 Å². The molecular formula is C77H149NO5. The first-order chi connectivity index (χ1) is 41.0. The van der Waals surface area contributed by atoms with Gasteiger partial charge in [-0.25, -0.2) is 0 Å². The van der Waals surface area contributed by atoms with Gasteiger partial charge in [-0.3, -0.25) is 9.59 Å². The van der Waals surface area contributed by atoms with Crippen LogP contribution in [0.4, 0.5) is 0 Å². The minimum atomic E-state index is -0.661. The molecule has 0 rings (SSSR count). The number of rotatable bonds is 72. The summed E-state index contributed by atoms with van der Waals surface area (Å²) < 4.78 is 5.51. The second-order valence-corrected chi connectivity index (χ2v) is 26.3. The molecule has 0 saturated heterocycles. The van der Waals surface area contributed by atoms with Crippen LogP contribution in [0.15, 0.2) is 24.3 Å². The molecule has 2 atom stereocenters. The molecule has 0 aliphatic carbocycles.